The molecule has 0 aromatic rings. The van der Waals surface area contributed by atoms with Crippen LogP contribution in [0.4, 0.5) is 0 Å². The minimum Gasteiger partial charge on any atom is -0.344 e. The number of rotatable bonds is 2. The van der Waals surface area contributed by atoms with Crippen LogP contribution in [0, 0.1) is 0 Å². The molecule has 2 nitrogen and oxygen atoms in total. The fourth-order valence-corrected chi connectivity index (χ4v) is 1.26. The Balaban J connectivity index is 2.76. The van der Waals surface area contributed by atoms with Gasteiger partial charge in [-0.1, -0.05) is 30.4 Å². The zero-order chi connectivity index (χ0) is 9.03. The Labute approximate surface area is 72.7 Å². The molecule has 0 aromatic carbocycles. The zero-order valence-corrected chi connectivity index (χ0v) is 7.21. The second-order valence-electron chi connectivity index (χ2n) is 2.92. The molecule has 0 bridgehead atoms. The van der Waals surface area contributed by atoms with Crippen molar-refractivity contribution in [3.8, 4) is 0 Å². The Bertz CT molecular complexity index is 253. The van der Waals surface area contributed by atoms with Crippen LogP contribution in [-0.4, -0.2) is 11.4 Å². The Morgan fingerprint density at radius 3 is 2.83 bits per heavy atom. The summed E-state index contributed by atoms with van der Waals surface area (Å²) in [6.07, 6.45) is 10.4. The molecule has 1 atom stereocenters. The second-order valence-corrected chi connectivity index (χ2v) is 2.92. The number of hydrogen-bond donors (Lipinski definition) is 1. The normalized spacial score (nSPS) is 26.8. The molecule has 0 fully saturated rings. The Hall–Kier alpha value is -1.31. The van der Waals surface area contributed by atoms with Crippen LogP contribution in [0.1, 0.15) is 13.3 Å². The van der Waals surface area contributed by atoms with Crippen LogP contribution in [0.5, 0.6) is 0 Å². The minimum absolute atomic E-state index is 0.0325. The van der Waals surface area contributed by atoms with E-state index in [9.17, 15) is 4.79 Å². The molecule has 0 heterocycles. The molecule has 2 heteroatoms. The lowest BCUT2D eigenvalue weighted by molar-refractivity contribution is -0.119. The summed E-state index contributed by atoms with van der Waals surface area (Å²) < 4.78 is 0. The molecule has 1 rings (SSSR count). The summed E-state index contributed by atoms with van der Waals surface area (Å²) in [5.41, 5.74) is -0.361. The van der Waals surface area contributed by atoms with E-state index in [1.54, 1.807) is 6.08 Å². The highest BCUT2D eigenvalue weighted by Crippen LogP contribution is 2.18. The monoisotopic (exact) mass is 163 g/mol. The maximum Gasteiger partial charge on any atom is 0.217 e. The van der Waals surface area contributed by atoms with Gasteiger partial charge in [-0.3, -0.25) is 4.79 Å². The van der Waals surface area contributed by atoms with E-state index in [2.05, 4.69) is 11.9 Å². The number of carbonyl (C=O) groups is 1. The predicted octanol–water partition coefficient (Wildman–Crippen LogP) is 1.56. The number of carbonyl (C=O) groups excluding carboxylic acids is 1. The maximum absolute atomic E-state index is 10.9. The van der Waals surface area contributed by atoms with Crippen LogP contribution >= 0.6 is 0 Å². The lowest BCUT2D eigenvalue weighted by Gasteiger charge is -2.28. The van der Waals surface area contributed by atoms with Crippen LogP contribution in [0.25, 0.3) is 0 Å². The van der Waals surface area contributed by atoms with Crippen molar-refractivity contribution in [2.24, 2.45) is 0 Å². The highest BCUT2D eigenvalue weighted by Gasteiger charge is 2.23. The Morgan fingerprint density at radius 2 is 2.42 bits per heavy atom. The van der Waals surface area contributed by atoms with E-state index >= 15 is 0 Å². The maximum atomic E-state index is 10.9. The van der Waals surface area contributed by atoms with Gasteiger partial charge >= 0.3 is 0 Å². The second kappa shape index (κ2) is 3.39. The number of hydrogen-bond acceptors (Lipinski definition) is 1. The third kappa shape index (κ3) is 1.84. The van der Waals surface area contributed by atoms with Gasteiger partial charge in [0.1, 0.15) is 0 Å². The molecule has 1 amide bonds. The van der Waals surface area contributed by atoms with Gasteiger partial charge in [0.25, 0.3) is 0 Å². The summed E-state index contributed by atoms with van der Waals surface area (Å²) in [5, 5.41) is 2.85. The van der Waals surface area contributed by atoms with Crippen molar-refractivity contribution in [1.82, 2.24) is 5.32 Å². The average Bonchev–Trinajstić information content (AvgIpc) is 2.05. The van der Waals surface area contributed by atoms with Crippen molar-refractivity contribution in [2.45, 2.75) is 18.9 Å². The summed E-state index contributed by atoms with van der Waals surface area (Å²) >= 11 is 0. The number of allylic oxidation sites excluding steroid dienone is 2. The highest BCUT2D eigenvalue weighted by atomic mass is 16.1. The zero-order valence-electron chi connectivity index (χ0n) is 7.21. The molecule has 0 unspecified atom stereocenters. The molecule has 12 heavy (non-hydrogen) atoms. The third-order valence-corrected chi connectivity index (χ3v) is 1.87. The molecule has 0 radical (unpaired) electrons. The van der Waals surface area contributed by atoms with Crippen LogP contribution < -0.4 is 5.32 Å². The summed E-state index contributed by atoms with van der Waals surface area (Å²) in [7, 11) is 0. The summed E-state index contributed by atoms with van der Waals surface area (Å²) in [4.78, 5) is 10.9. The van der Waals surface area contributed by atoms with E-state index in [1.165, 1.54) is 6.92 Å². The first-order valence-corrected chi connectivity index (χ1v) is 3.95. The van der Waals surface area contributed by atoms with Crippen LogP contribution in [0.15, 0.2) is 37.0 Å². The third-order valence-electron chi connectivity index (χ3n) is 1.87. The Morgan fingerprint density at radius 1 is 1.67 bits per heavy atom. The van der Waals surface area contributed by atoms with Crippen molar-refractivity contribution in [1.29, 1.82) is 0 Å². The molecule has 1 aliphatic carbocycles. The van der Waals surface area contributed by atoms with E-state index in [0.717, 1.165) is 6.42 Å². The molecule has 64 valence electrons. The average molecular weight is 163 g/mol. The number of nitrogens with one attached hydrogen (secondary N) is 1. The van der Waals surface area contributed by atoms with E-state index in [-0.39, 0.29) is 11.4 Å². The molecular weight excluding hydrogens is 150 g/mol. The van der Waals surface area contributed by atoms with Crippen molar-refractivity contribution < 1.29 is 4.79 Å². The standard InChI is InChI=1S/C10H13NO/c1-3-10(11-9(2)12)7-5-4-6-8-10/h3-7H,1,8H2,2H3,(H,11,12)/t10-/m0/s1. The van der Waals surface area contributed by atoms with Crippen LogP contribution in [0.3, 0.4) is 0 Å². The quantitative estimate of drug-likeness (QED) is 0.615. The first kappa shape index (κ1) is 8.78. The van der Waals surface area contributed by atoms with Crippen molar-refractivity contribution in [3.63, 3.8) is 0 Å². The molecule has 0 saturated carbocycles. The fourth-order valence-electron chi connectivity index (χ4n) is 1.26. The lowest BCUT2D eigenvalue weighted by Crippen LogP contribution is -2.44. The molecule has 0 aliphatic heterocycles. The Kier molecular flexibility index (Phi) is 2.48. The molecule has 1 N–H and O–H groups in total. The summed E-state index contributed by atoms with van der Waals surface area (Å²) in [6.45, 7) is 5.22. The lowest BCUT2D eigenvalue weighted by atomic mass is 9.91. The van der Waals surface area contributed by atoms with Crippen molar-refractivity contribution >= 4 is 5.91 Å². The van der Waals surface area contributed by atoms with Gasteiger partial charge in [-0.25, -0.2) is 0 Å². The van der Waals surface area contributed by atoms with E-state index in [4.69, 9.17) is 0 Å². The molecule has 0 saturated heterocycles. The van der Waals surface area contributed by atoms with E-state index < -0.39 is 0 Å². The van der Waals surface area contributed by atoms with Gasteiger partial charge in [-0.2, -0.15) is 0 Å². The number of amides is 1. The highest BCUT2D eigenvalue weighted by molar-refractivity contribution is 5.74. The van der Waals surface area contributed by atoms with Crippen LogP contribution in [0.2, 0.25) is 0 Å². The van der Waals surface area contributed by atoms with Gasteiger partial charge in [0.2, 0.25) is 5.91 Å². The van der Waals surface area contributed by atoms with Gasteiger partial charge in [0.05, 0.1) is 5.54 Å². The van der Waals surface area contributed by atoms with Gasteiger partial charge in [0.15, 0.2) is 0 Å². The largest absolute Gasteiger partial charge is 0.344 e. The fraction of sp³-hybridized carbons (Fsp3) is 0.300. The topological polar surface area (TPSA) is 29.1 Å². The van der Waals surface area contributed by atoms with E-state index in [1.807, 2.05) is 24.3 Å². The molecule has 0 aromatic heterocycles. The van der Waals surface area contributed by atoms with Crippen molar-refractivity contribution in [2.75, 3.05) is 0 Å². The van der Waals surface area contributed by atoms with Gasteiger partial charge in [-0.05, 0) is 6.42 Å². The summed E-state index contributed by atoms with van der Waals surface area (Å²) in [5.74, 6) is -0.0325. The minimum atomic E-state index is -0.361. The van der Waals surface area contributed by atoms with Gasteiger partial charge in [0, 0.05) is 6.92 Å². The van der Waals surface area contributed by atoms with Crippen molar-refractivity contribution in [3.05, 3.63) is 37.0 Å². The molecule has 1 aliphatic rings. The molecule has 0 spiro atoms. The first-order chi connectivity index (χ1) is 5.68. The summed E-state index contributed by atoms with van der Waals surface area (Å²) in [6, 6.07) is 0. The smallest absolute Gasteiger partial charge is 0.217 e. The SMILES string of the molecule is C=C[C@]1(NC(C)=O)C=CC=CC1. The van der Waals surface area contributed by atoms with Gasteiger partial charge < -0.3 is 5.32 Å². The van der Waals surface area contributed by atoms with E-state index in [0.29, 0.717) is 0 Å². The van der Waals surface area contributed by atoms with Crippen LogP contribution in [-0.2, 0) is 4.79 Å². The predicted molar refractivity (Wildman–Crippen MR) is 49.6 cm³/mol. The molecular formula is C10H13NO. The van der Waals surface area contributed by atoms with Gasteiger partial charge in [-0.15, -0.1) is 6.58 Å². The first-order valence-electron chi connectivity index (χ1n) is 3.95.